The number of amides is 3. The van der Waals surface area contributed by atoms with Gasteiger partial charge in [0.2, 0.25) is 0 Å². The van der Waals surface area contributed by atoms with Gasteiger partial charge in [-0.1, -0.05) is 12.8 Å². The fourth-order valence-electron chi connectivity index (χ4n) is 3.88. The number of urea groups is 1. The highest BCUT2D eigenvalue weighted by Crippen LogP contribution is 2.36. The summed E-state index contributed by atoms with van der Waals surface area (Å²) in [5.74, 6) is -1.49. The first-order valence-electron chi connectivity index (χ1n) is 8.48. The summed E-state index contributed by atoms with van der Waals surface area (Å²) >= 11 is 0. The van der Waals surface area contributed by atoms with Crippen LogP contribution < -0.4 is 11.1 Å². The van der Waals surface area contributed by atoms with E-state index in [1.165, 1.54) is 19.1 Å². The molecule has 3 N–H and O–H groups in total. The Bertz CT molecular complexity index is 947. The number of rotatable bonds is 2. The number of nitrogen functional groups attached to an aromatic ring is 1. The minimum atomic E-state index is -1.09. The summed E-state index contributed by atoms with van der Waals surface area (Å²) in [5, 5.41) is 7.14. The first-order valence-corrected chi connectivity index (χ1v) is 8.48. The quantitative estimate of drug-likeness (QED) is 0.792. The maximum absolute atomic E-state index is 13.6. The van der Waals surface area contributed by atoms with E-state index in [0.717, 1.165) is 28.5 Å². The van der Waals surface area contributed by atoms with Gasteiger partial charge in [-0.2, -0.15) is 4.68 Å². The standard InChI is InChI=1S/C17H18FN5O3/c1-9(22-15(25)17(20-16(22)26)6-2-3-7-17)14(24)23-12-8-10(18)4-5-11(12)13(19)21-23/h4-5,8-9H,2-3,6-7H2,1H3,(H2,19,21)(H,20,26). The van der Waals surface area contributed by atoms with E-state index < -0.39 is 35.2 Å². The number of carbonyl (C=O) groups excluding carboxylic acids is 3. The molecule has 1 aromatic heterocycles. The first kappa shape index (κ1) is 16.5. The molecule has 2 fully saturated rings. The second kappa shape index (κ2) is 5.52. The van der Waals surface area contributed by atoms with Crippen molar-refractivity contribution in [2.24, 2.45) is 0 Å². The van der Waals surface area contributed by atoms with Crippen LogP contribution in [0.4, 0.5) is 15.0 Å². The highest BCUT2D eigenvalue weighted by Gasteiger charge is 2.54. The van der Waals surface area contributed by atoms with E-state index in [9.17, 15) is 18.8 Å². The molecule has 2 aromatic rings. The SMILES string of the molecule is CC(C(=O)n1nc(N)c2ccc(F)cc21)N1C(=O)NC2(CCCC2)C1=O. The number of nitrogens with zero attached hydrogens (tertiary/aromatic N) is 3. The molecular weight excluding hydrogens is 341 g/mol. The molecule has 1 spiro atoms. The monoisotopic (exact) mass is 359 g/mol. The fraction of sp³-hybridized carbons (Fsp3) is 0.412. The van der Waals surface area contributed by atoms with Gasteiger partial charge in [-0.15, -0.1) is 5.10 Å². The van der Waals surface area contributed by atoms with Gasteiger partial charge in [0.1, 0.15) is 17.4 Å². The molecule has 9 heteroatoms. The van der Waals surface area contributed by atoms with Crippen molar-refractivity contribution in [1.82, 2.24) is 20.0 Å². The molecule has 2 aliphatic rings. The normalized spacial score (nSPS) is 20.2. The van der Waals surface area contributed by atoms with Gasteiger partial charge in [0.05, 0.1) is 5.52 Å². The highest BCUT2D eigenvalue weighted by molar-refractivity contribution is 6.10. The van der Waals surface area contributed by atoms with Crippen LogP contribution in [0.2, 0.25) is 0 Å². The molecule has 3 amide bonds. The zero-order chi connectivity index (χ0) is 18.6. The van der Waals surface area contributed by atoms with Crippen LogP contribution in [0.1, 0.15) is 37.4 Å². The van der Waals surface area contributed by atoms with E-state index in [1.54, 1.807) is 0 Å². The first-order chi connectivity index (χ1) is 12.3. The lowest BCUT2D eigenvalue weighted by atomic mass is 9.97. The molecule has 8 nitrogen and oxygen atoms in total. The Morgan fingerprint density at radius 1 is 1.35 bits per heavy atom. The third-order valence-corrected chi connectivity index (χ3v) is 5.28. The number of aromatic nitrogens is 2. The second-order valence-corrected chi connectivity index (χ2v) is 6.87. The topological polar surface area (TPSA) is 110 Å². The summed E-state index contributed by atoms with van der Waals surface area (Å²) in [6, 6.07) is 2.12. The van der Waals surface area contributed by atoms with Crippen molar-refractivity contribution in [3.8, 4) is 0 Å². The Kier molecular flexibility index (Phi) is 3.50. The lowest BCUT2D eigenvalue weighted by Gasteiger charge is -2.23. The van der Waals surface area contributed by atoms with E-state index in [1.807, 2.05) is 0 Å². The van der Waals surface area contributed by atoms with Crippen LogP contribution in [0.25, 0.3) is 10.9 Å². The summed E-state index contributed by atoms with van der Waals surface area (Å²) < 4.78 is 14.6. The van der Waals surface area contributed by atoms with E-state index in [-0.39, 0.29) is 11.3 Å². The second-order valence-electron chi connectivity index (χ2n) is 6.87. The van der Waals surface area contributed by atoms with Crippen molar-refractivity contribution in [3.63, 3.8) is 0 Å². The molecule has 1 saturated heterocycles. The number of hydrogen-bond acceptors (Lipinski definition) is 5. The number of halogens is 1. The molecule has 1 atom stereocenters. The van der Waals surface area contributed by atoms with E-state index >= 15 is 0 Å². The van der Waals surface area contributed by atoms with E-state index in [0.29, 0.717) is 18.2 Å². The van der Waals surface area contributed by atoms with Crippen LogP contribution in [-0.2, 0) is 4.79 Å². The Hall–Kier alpha value is -2.97. The summed E-state index contributed by atoms with van der Waals surface area (Å²) in [5.41, 5.74) is 5.10. The van der Waals surface area contributed by atoms with Crippen molar-refractivity contribution in [2.45, 2.75) is 44.2 Å². The summed E-state index contributed by atoms with van der Waals surface area (Å²) in [6.07, 6.45) is 2.83. The number of benzene rings is 1. The van der Waals surface area contributed by atoms with Gasteiger partial charge in [0.15, 0.2) is 5.82 Å². The number of imide groups is 1. The van der Waals surface area contributed by atoms with Gasteiger partial charge in [-0.3, -0.25) is 9.59 Å². The van der Waals surface area contributed by atoms with Gasteiger partial charge >= 0.3 is 6.03 Å². The minimum Gasteiger partial charge on any atom is -0.382 e. The molecule has 1 saturated carbocycles. The molecular formula is C17H18FN5O3. The Labute approximate surface area is 148 Å². The van der Waals surface area contributed by atoms with Gasteiger partial charge in [-0.25, -0.2) is 14.1 Å². The number of fused-ring (bicyclic) bond motifs is 1. The van der Waals surface area contributed by atoms with E-state index in [4.69, 9.17) is 5.73 Å². The minimum absolute atomic E-state index is 0.0741. The molecule has 1 aromatic carbocycles. The molecule has 1 aliphatic carbocycles. The van der Waals surface area contributed by atoms with Crippen molar-refractivity contribution in [3.05, 3.63) is 24.0 Å². The molecule has 4 rings (SSSR count). The van der Waals surface area contributed by atoms with Gasteiger partial charge in [0, 0.05) is 11.5 Å². The van der Waals surface area contributed by atoms with Crippen LogP contribution in [0, 0.1) is 5.82 Å². The van der Waals surface area contributed by atoms with Crippen LogP contribution in [-0.4, -0.2) is 44.1 Å². The van der Waals surface area contributed by atoms with Crippen molar-refractivity contribution in [1.29, 1.82) is 0 Å². The highest BCUT2D eigenvalue weighted by atomic mass is 19.1. The third-order valence-electron chi connectivity index (χ3n) is 5.28. The van der Waals surface area contributed by atoms with Crippen LogP contribution >= 0.6 is 0 Å². The van der Waals surface area contributed by atoms with Crippen molar-refractivity contribution >= 4 is 34.6 Å². The Morgan fingerprint density at radius 3 is 2.73 bits per heavy atom. The fourth-order valence-corrected chi connectivity index (χ4v) is 3.88. The number of hydrogen-bond donors (Lipinski definition) is 2. The lowest BCUT2D eigenvalue weighted by molar-refractivity contribution is -0.132. The molecule has 0 bridgehead atoms. The smallest absolute Gasteiger partial charge is 0.325 e. The largest absolute Gasteiger partial charge is 0.382 e. The predicted molar refractivity (Wildman–Crippen MR) is 90.8 cm³/mol. The maximum atomic E-state index is 13.6. The predicted octanol–water partition coefficient (Wildman–Crippen LogP) is 1.65. The van der Waals surface area contributed by atoms with E-state index in [2.05, 4.69) is 10.4 Å². The zero-order valence-electron chi connectivity index (χ0n) is 14.2. The zero-order valence-corrected chi connectivity index (χ0v) is 14.2. The van der Waals surface area contributed by atoms with Crippen LogP contribution in [0.5, 0.6) is 0 Å². The van der Waals surface area contributed by atoms with Gasteiger partial charge in [0.25, 0.3) is 11.8 Å². The summed E-state index contributed by atoms with van der Waals surface area (Å²) in [7, 11) is 0. The summed E-state index contributed by atoms with van der Waals surface area (Å²) in [6.45, 7) is 1.46. The average Bonchev–Trinajstić information content (AvgIpc) is 3.25. The third kappa shape index (κ3) is 2.19. The lowest BCUT2D eigenvalue weighted by Crippen LogP contribution is -2.48. The van der Waals surface area contributed by atoms with Gasteiger partial charge in [-0.05, 0) is 31.9 Å². The van der Waals surface area contributed by atoms with Crippen LogP contribution in [0.15, 0.2) is 18.2 Å². The number of nitrogens with one attached hydrogen (secondary N) is 1. The maximum Gasteiger partial charge on any atom is 0.325 e. The summed E-state index contributed by atoms with van der Waals surface area (Å²) in [4.78, 5) is 39.0. The number of carbonyl (C=O) groups is 3. The average molecular weight is 359 g/mol. The molecule has 1 aliphatic heterocycles. The van der Waals surface area contributed by atoms with Crippen LogP contribution in [0.3, 0.4) is 0 Å². The van der Waals surface area contributed by atoms with Crippen molar-refractivity contribution < 1.29 is 18.8 Å². The molecule has 0 radical (unpaired) electrons. The number of anilines is 1. The molecule has 2 heterocycles. The Morgan fingerprint density at radius 2 is 2.04 bits per heavy atom. The molecule has 136 valence electrons. The number of nitrogens with two attached hydrogens (primary N) is 1. The van der Waals surface area contributed by atoms with Crippen molar-refractivity contribution in [2.75, 3.05) is 5.73 Å². The molecule has 1 unspecified atom stereocenters. The van der Waals surface area contributed by atoms with Gasteiger partial charge < -0.3 is 11.1 Å². The Balaban J connectivity index is 1.70. The molecule has 26 heavy (non-hydrogen) atoms.